The van der Waals surface area contributed by atoms with Crippen LogP contribution in [0.2, 0.25) is 0 Å². The van der Waals surface area contributed by atoms with Crippen LogP contribution in [-0.2, 0) is 4.74 Å². The number of ether oxygens (including phenoxy) is 1. The van der Waals surface area contributed by atoms with Crippen molar-refractivity contribution >= 4 is 11.9 Å². The molecule has 1 aliphatic heterocycles. The number of aliphatic hydroxyl groups is 3. The fourth-order valence-electron chi connectivity index (χ4n) is 2.63. The highest BCUT2D eigenvalue weighted by atomic mass is 16.6. The first-order valence-corrected chi connectivity index (χ1v) is 7.57. The standard InChI is InChI=1S/C15H23N3O5/c1-3-4-8(2)5-9-6-18(15(22)17-13(9)16)14-12(21)11(20)10(7-19)23-14/h5-6,10-12,14,19-21H,3-4,7H2,1-2H3,(H2,16,17,22)/b8-5+/t10-,11-,12-,14-/m1/s1. The van der Waals surface area contributed by atoms with E-state index in [-0.39, 0.29) is 5.82 Å². The van der Waals surface area contributed by atoms with E-state index >= 15 is 0 Å². The van der Waals surface area contributed by atoms with Crippen molar-refractivity contribution in [2.45, 2.75) is 51.2 Å². The third-order valence-electron chi connectivity index (χ3n) is 3.85. The lowest BCUT2D eigenvalue weighted by molar-refractivity contribution is -0.0549. The number of nitrogens with zero attached hydrogens (tertiary/aromatic N) is 2. The summed E-state index contributed by atoms with van der Waals surface area (Å²) in [6.45, 7) is 3.54. The van der Waals surface area contributed by atoms with Gasteiger partial charge in [0.25, 0.3) is 0 Å². The van der Waals surface area contributed by atoms with Crippen LogP contribution in [0.15, 0.2) is 16.6 Å². The van der Waals surface area contributed by atoms with Gasteiger partial charge in [0.15, 0.2) is 6.23 Å². The van der Waals surface area contributed by atoms with Crippen LogP contribution in [0.1, 0.15) is 38.5 Å². The largest absolute Gasteiger partial charge is 0.394 e. The van der Waals surface area contributed by atoms with Crippen LogP contribution in [-0.4, -0.2) is 49.8 Å². The molecule has 0 radical (unpaired) electrons. The number of nitrogens with two attached hydrogens (primary N) is 1. The molecule has 0 aliphatic carbocycles. The zero-order chi connectivity index (χ0) is 17.1. The van der Waals surface area contributed by atoms with Gasteiger partial charge in [0.1, 0.15) is 24.1 Å². The lowest BCUT2D eigenvalue weighted by Gasteiger charge is -2.18. The maximum Gasteiger partial charge on any atom is 0.351 e. The lowest BCUT2D eigenvalue weighted by Crippen LogP contribution is -2.36. The molecule has 5 N–H and O–H groups in total. The van der Waals surface area contributed by atoms with E-state index in [9.17, 15) is 15.0 Å². The van der Waals surface area contributed by atoms with Gasteiger partial charge < -0.3 is 25.8 Å². The highest BCUT2D eigenvalue weighted by Crippen LogP contribution is 2.28. The summed E-state index contributed by atoms with van der Waals surface area (Å²) in [5.41, 5.74) is 6.71. The molecule has 23 heavy (non-hydrogen) atoms. The van der Waals surface area contributed by atoms with Gasteiger partial charge in [0, 0.05) is 11.8 Å². The Morgan fingerprint density at radius 1 is 1.48 bits per heavy atom. The smallest absolute Gasteiger partial charge is 0.351 e. The van der Waals surface area contributed by atoms with E-state index in [0.717, 1.165) is 23.0 Å². The van der Waals surface area contributed by atoms with Gasteiger partial charge >= 0.3 is 5.69 Å². The second-order valence-electron chi connectivity index (χ2n) is 5.74. The number of allylic oxidation sites excluding steroid dienone is 1. The predicted octanol–water partition coefficient (Wildman–Crippen LogP) is -0.360. The Morgan fingerprint density at radius 2 is 2.17 bits per heavy atom. The molecule has 1 fully saturated rings. The van der Waals surface area contributed by atoms with Gasteiger partial charge in [0.05, 0.1) is 6.61 Å². The maximum atomic E-state index is 12.1. The SMILES string of the molecule is CCC/C(C)=C/c1cn([C@@H]2O[C@H](CO)[C@@H](O)[C@H]2O)c(=O)nc1N. The minimum absolute atomic E-state index is 0.0912. The van der Waals surface area contributed by atoms with Crippen LogP contribution in [0.25, 0.3) is 6.08 Å². The number of nitrogen functional groups attached to an aromatic ring is 1. The van der Waals surface area contributed by atoms with Crippen molar-refractivity contribution in [1.29, 1.82) is 0 Å². The minimum Gasteiger partial charge on any atom is -0.394 e. The number of aliphatic hydroxyl groups excluding tert-OH is 3. The third-order valence-corrected chi connectivity index (χ3v) is 3.85. The summed E-state index contributed by atoms with van der Waals surface area (Å²) in [5, 5.41) is 29.0. The zero-order valence-corrected chi connectivity index (χ0v) is 13.2. The lowest BCUT2D eigenvalue weighted by atomic mass is 10.1. The Hall–Kier alpha value is -1.74. The molecule has 4 atom stereocenters. The Kier molecular flexibility index (Phi) is 5.53. The first-order valence-electron chi connectivity index (χ1n) is 7.57. The van der Waals surface area contributed by atoms with Gasteiger partial charge in [-0.2, -0.15) is 4.98 Å². The summed E-state index contributed by atoms with van der Waals surface area (Å²) in [4.78, 5) is 15.8. The van der Waals surface area contributed by atoms with E-state index < -0.39 is 36.8 Å². The van der Waals surface area contributed by atoms with Gasteiger partial charge in [-0.25, -0.2) is 4.79 Å². The summed E-state index contributed by atoms with van der Waals surface area (Å²) < 4.78 is 6.45. The summed E-state index contributed by atoms with van der Waals surface area (Å²) in [7, 11) is 0. The maximum absolute atomic E-state index is 12.1. The molecule has 0 amide bonds. The monoisotopic (exact) mass is 325 g/mol. The fourth-order valence-corrected chi connectivity index (χ4v) is 2.63. The highest BCUT2D eigenvalue weighted by Gasteiger charge is 2.43. The average Bonchev–Trinajstić information content (AvgIpc) is 2.78. The molecule has 8 nitrogen and oxygen atoms in total. The first-order chi connectivity index (χ1) is 10.9. The Bertz CT molecular complexity index is 642. The molecule has 128 valence electrons. The molecular formula is C15H23N3O5. The topological polar surface area (TPSA) is 131 Å². The van der Waals surface area contributed by atoms with Gasteiger partial charge in [-0.3, -0.25) is 4.57 Å². The van der Waals surface area contributed by atoms with Crippen molar-refractivity contribution in [2.24, 2.45) is 0 Å². The number of rotatable bonds is 5. The van der Waals surface area contributed by atoms with Crippen LogP contribution < -0.4 is 11.4 Å². The molecule has 1 aromatic rings. The predicted molar refractivity (Wildman–Crippen MR) is 84.5 cm³/mol. The van der Waals surface area contributed by atoms with E-state index in [1.807, 2.05) is 13.0 Å². The number of anilines is 1. The summed E-state index contributed by atoms with van der Waals surface area (Å²) in [6.07, 6.45) is 0.421. The molecule has 0 spiro atoms. The Morgan fingerprint density at radius 3 is 2.74 bits per heavy atom. The van der Waals surface area contributed by atoms with Crippen molar-refractivity contribution in [1.82, 2.24) is 9.55 Å². The van der Waals surface area contributed by atoms with Crippen molar-refractivity contribution in [3.63, 3.8) is 0 Å². The first kappa shape index (κ1) is 17.6. The van der Waals surface area contributed by atoms with Crippen molar-refractivity contribution in [3.05, 3.63) is 27.8 Å². The van der Waals surface area contributed by atoms with Crippen LogP contribution >= 0.6 is 0 Å². The molecule has 0 unspecified atom stereocenters. The number of hydrogen-bond acceptors (Lipinski definition) is 7. The third kappa shape index (κ3) is 3.61. The molecule has 1 saturated heterocycles. The molecule has 0 aromatic carbocycles. The van der Waals surface area contributed by atoms with Gasteiger partial charge in [-0.15, -0.1) is 0 Å². The zero-order valence-electron chi connectivity index (χ0n) is 13.2. The van der Waals surface area contributed by atoms with Gasteiger partial charge in [-0.1, -0.05) is 25.0 Å². The van der Waals surface area contributed by atoms with Gasteiger partial charge in [0.2, 0.25) is 0 Å². The van der Waals surface area contributed by atoms with Crippen LogP contribution in [0.5, 0.6) is 0 Å². The van der Waals surface area contributed by atoms with Crippen molar-refractivity contribution in [3.8, 4) is 0 Å². The van der Waals surface area contributed by atoms with Crippen molar-refractivity contribution < 1.29 is 20.1 Å². The van der Waals surface area contributed by atoms with Crippen LogP contribution in [0, 0.1) is 0 Å². The van der Waals surface area contributed by atoms with E-state index in [0.29, 0.717) is 5.56 Å². The summed E-state index contributed by atoms with van der Waals surface area (Å²) >= 11 is 0. The second kappa shape index (κ2) is 7.22. The molecule has 2 heterocycles. The Balaban J connectivity index is 2.40. The second-order valence-corrected chi connectivity index (χ2v) is 5.74. The molecule has 1 aliphatic rings. The van der Waals surface area contributed by atoms with Crippen molar-refractivity contribution in [2.75, 3.05) is 12.3 Å². The molecule has 0 saturated carbocycles. The summed E-state index contributed by atoms with van der Waals surface area (Å²) in [5.74, 6) is 0.0912. The Labute approximate surface area is 133 Å². The fraction of sp³-hybridized carbons (Fsp3) is 0.600. The van der Waals surface area contributed by atoms with E-state index in [1.54, 1.807) is 0 Å². The quantitative estimate of drug-likeness (QED) is 0.581. The highest BCUT2D eigenvalue weighted by molar-refractivity contribution is 5.61. The van der Waals surface area contributed by atoms with E-state index in [1.165, 1.54) is 6.20 Å². The minimum atomic E-state index is -1.34. The van der Waals surface area contributed by atoms with E-state index in [2.05, 4.69) is 11.9 Å². The average molecular weight is 325 g/mol. The van der Waals surface area contributed by atoms with Crippen LogP contribution in [0.3, 0.4) is 0 Å². The molecular weight excluding hydrogens is 302 g/mol. The van der Waals surface area contributed by atoms with Crippen LogP contribution in [0.4, 0.5) is 5.82 Å². The molecule has 2 rings (SSSR count). The molecule has 8 heteroatoms. The van der Waals surface area contributed by atoms with Gasteiger partial charge in [-0.05, 0) is 13.3 Å². The normalized spacial score (nSPS) is 28.3. The van der Waals surface area contributed by atoms with E-state index in [4.69, 9.17) is 15.6 Å². The molecule has 1 aromatic heterocycles. The molecule has 0 bridgehead atoms. The number of aromatic nitrogens is 2. The summed E-state index contributed by atoms with van der Waals surface area (Å²) in [6, 6.07) is 0. The number of hydrogen-bond donors (Lipinski definition) is 4.